The van der Waals surface area contributed by atoms with E-state index in [2.05, 4.69) is 32.1 Å². The highest BCUT2D eigenvalue weighted by Gasteiger charge is 2.12. The van der Waals surface area contributed by atoms with Gasteiger partial charge >= 0.3 is 0 Å². The van der Waals surface area contributed by atoms with Crippen LogP contribution in [-0.4, -0.2) is 26.3 Å². The molecule has 0 unspecified atom stereocenters. The molecule has 0 aliphatic rings. The first kappa shape index (κ1) is 17.2. The Labute approximate surface area is 152 Å². The minimum Gasteiger partial charge on any atom is -0.492 e. The van der Waals surface area contributed by atoms with E-state index in [1.807, 2.05) is 38.1 Å². The van der Waals surface area contributed by atoms with Gasteiger partial charge in [0.15, 0.2) is 5.11 Å². The van der Waals surface area contributed by atoms with E-state index < -0.39 is 0 Å². The van der Waals surface area contributed by atoms with Crippen LogP contribution in [0.2, 0.25) is 0 Å². The summed E-state index contributed by atoms with van der Waals surface area (Å²) in [6.07, 6.45) is 3.38. The number of ether oxygens (including phenoxy) is 1. The summed E-state index contributed by atoms with van der Waals surface area (Å²) in [7, 11) is 0. The molecule has 0 amide bonds. The Kier molecular flexibility index (Phi) is 5.14. The van der Waals surface area contributed by atoms with Crippen molar-refractivity contribution in [3.8, 4) is 5.75 Å². The number of aromatic nitrogens is 3. The van der Waals surface area contributed by atoms with Crippen LogP contribution in [0.5, 0.6) is 5.75 Å². The molecular formula is C18H21N5OS. The van der Waals surface area contributed by atoms with E-state index >= 15 is 0 Å². The zero-order valence-electron chi connectivity index (χ0n) is 14.5. The number of hydrogen-bond acceptors (Lipinski definition) is 4. The first-order chi connectivity index (χ1) is 12.1. The van der Waals surface area contributed by atoms with E-state index in [-0.39, 0.29) is 0 Å². The molecule has 0 aliphatic heterocycles. The average Bonchev–Trinajstić information content (AvgIpc) is 2.93. The van der Waals surface area contributed by atoms with Crippen LogP contribution in [0.1, 0.15) is 19.7 Å². The third kappa shape index (κ3) is 3.56. The Morgan fingerprint density at radius 1 is 1.20 bits per heavy atom. The van der Waals surface area contributed by atoms with E-state index in [1.54, 1.807) is 12.4 Å². The van der Waals surface area contributed by atoms with Crippen molar-refractivity contribution in [3.63, 3.8) is 0 Å². The number of benzene rings is 1. The number of hydrogen-bond donors (Lipinski definition) is 2. The van der Waals surface area contributed by atoms with Gasteiger partial charge in [0.1, 0.15) is 17.3 Å². The lowest BCUT2D eigenvalue weighted by Crippen LogP contribution is -2.20. The van der Waals surface area contributed by atoms with Crippen LogP contribution in [0.25, 0.3) is 11.0 Å². The highest BCUT2D eigenvalue weighted by molar-refractivity contribution is 7.80. The third-order valence-corrected chi connectivity index (χ3v) is 4.06. The van der Waals surface area contributed by atoms with Crippen LogP contribution in [-0.2, 0) is 6.54 Å². The second-order valence-corrected chi connectivity index (χ2v) is 5.87. The lowest BCUT2D eigenvalue weighted by molar-refractivity contribution is 0.341. The second kappa shape index (κ2) is 7.48. The van der Waals surface area contributed by atoms with E-state index in [0.29, 0.717) is 17.5 Å². The van der Waals surface area contributed by atoms with E-state index in [9.17, 15) is 0 Å². The van der Waals surface area contributed by atoms with Gasteiger partial charge in [0, 0.05) is 18.8 Å². The van der Waals surface area contributed by atoms with Crippen LogP contribution >= 0.6 is 12.2 Å². The summed E-state index contributed by atoms with van der Waals surface area (Å²) >= 11 is 5.48. The zero-order valence-corrected chi connectivity index (χ0v) is 15.4. The molecule has 7 heteroatoms. The summed E-state index contributed by atoms with van der Waals surface area (Å²) < 4.78 is 7.76. The molecule has 6 nitrogen and oxygen atoms in total. The lowest BCUT2D eigenvalue weighted by atomic mass is 10.2. The van der Waals surface area contributed by atoms with Gasteiger partial charge in [-0.1, -0.05) is 6.07 Å². The van der Waals surface area contributed by atoms with Crippen LogP contribution < -0.4 is 15.4 Å². The fraction of sp³-hybridized carbons (Fsp3) is 0.278. The molecule has 0 saturated carbocycles. The molecule has 2 heterocycles. The standard InChI is InChI=1S/C18H21N5OS/c1-4-23-12(3)20-13-7-6-8-14(17(13)23)21-18(25)22-15-11-19-10-9-16(15)24-5-2/h6-11H,4-5H2,1-3H3,(H2,21,22,25). The average molecular weight is 355 g/mol. The highest BCUT2D eigenvalue weighted by Crippen LogP contribution is 2.26. The smallest absolute Gasteiger partial charge is 0.175 e. The number of anilines is 2. The molecule has 0 radical (unpaired) electrons. The predicted octanol–water partition coefficient (Wildman–Crippen LogP) is 3.97. The number of thiocarbonyl (C=S) groups is 1. The molecule has 0 saturated heterocycles. The van der Waals surface area contributed by atoms with Crippen molar-refractivity contribution in [1.82, 2.24) is 14.5 Å². The number of rotatable bonds is 5. The molecule has 3 rings (SSSR count). The second-order valence-electron chi connectivity index (χ2n) is 5.46. The number of imidazole rings is 1. The summed E-state index contributed by atoms with van der Waals surface area (Å²) in [6.45, 7) is 7.47. The number of para-hydroxylation sites is 1. The molecular weight excluding hydrogens is 334 g/mol. The molecule has 0 spiro atoms. The normalized spacial score (nSPS) is 10.7. The molecule has 0 aliphatic carbocycles. The van der Waals surface area contributed by atoms with Crippen molar-refractivity contribution < 1.29 is 4.74 Å². The third-order valence-electron chi connectivity index (χ3n) is 3.85. The molecule has 1 aromatic carbocycles. The zero-order chi connectivity index (χ0) is 17.8. The molecule has 2 aromatic heterocycles. The quantitative estimate of drug-likeness (QED) is 0.675. The Morgan fingerprint density at radius 3 is 2.76 bits per heavy atom. The maximum atomic E-state index is 5.59. The largest absolute Gasteiger partial charge is 0.492 e. The van der Waals surface area contributed by atoms with Crippen molar-refractivity contribution in [2.24, 2.45) is 0 Å². The summed E-state index contributed by atoms with van der Waals surface area (Å²) in [4.78, 5) is 8.73. The van der Waals surface area contributed by atoms with Gasteiger partial charge in [-0.15, -0.1) is 0 Å². The van der Waals surface area contributed by atoms with Gasteiger partial charge in [-0.25, -0.2) is 4.98 Å². The maximum absolute atomic E-state index is 5.59. The number of fused-ring (bicyclic) bond motifs is 1. The van der Waals surface area contributed by atoms with Crippen molar-refractivity contribution in [2.75, 3.05) is 17.2 Å². The summed E-state index contributed by atoms with van der Waals surface area (Å²) in [6, 6.07) is 7.78. The highest BCUT2D eigenvalue weighted by atomic mass is 32.1. The van der Waals surface area contributed by atoms with Crippen LogP contribution in [0.4, 0.5) is 11.4 Å². The minimum atomic E-state index is 0.475. The fourth-order valence-corrected chi connectivity index (χ4v) is 3.04. The Bertz CT molecular complexity index is 906. The van der Waals surface area contributed by atoms with Crippen molar-refractivity contribution in [1.29, 1.82) is 0 Å². The first-order valence-corrected chi connectivity index (χ1v) is 8.65. The SMILES string of the molecule is CCOc1ccncc1NC(=S)Nc1cccc2nc(C)n(CC)c12. The summed E-state index contributed by atoms with van der Waals surface area (Å²) in [5.74, 6) is 1.70. The number of aryl methyl sites for hydroxylation is 2. The Hall–Kier alpha value is -2.67. The van der Waals surface area contributed by atoms with Gasteiger partial charge in [-0.05, 0) is 45.1 Å². The van der Waals surface area contributed by atoms with Gasteiger partial charge in [0.05, 0.1) is 29.5 Å². The predicted molar refractivity (Wildman–Crippen MR) is 105 cm³/mol. The number of pyridine rings is 1. The van der Waals surface area contributed by atoms with Gasteiger partial charge < -0.3 is 19.9 Å². The molecule has 3 aromatic rings. The summed E-state index contributed by atoms with van der Waals surface area (Å²) in [5, 5.41) is 6.90. The maximum Gasteiger partial charge on any atom is 0.175 e. The molecule has 0 bridgehead atoms. The number of nitrogens with zero attached hydrogens (tertiary/aromatic N) is 3. The van der Waals surface area contributed by atoms with Gasteiger partial charge in [0.25, 0.3) is 0 Å². The fourth-order valence-electron chi connectivity index (χ4n) is 2.82. The Balaban J connectivity index is 1.86. The Morgan fingerprint density at radius 2 is 2.00 bits per heavy atom. The molecule has 2 N–H and O–H groups in total. The van der Waals surface area contributed by atoms with Crippen LogP contribution in [0.15, 0.2) is 36.7 Å². The first-order valence-electron chi connectivity index (χ1n) is 8.24. The lowest BCUT2D eigenvalue weighted by Gasteiger charge is -2.15. The summed E-state index contributed by atoms with van der Waals surface area (Å²) in [5.41, 5.74) is 3.64. The van der Waals surface area contributed by atoms with Crippen molar-refractivity contribution in [3.05, 3.63) is 42.5 Å². The molecule has 25 heavy (non-hydrogen) atoms. The van der Waals surface area contributed by atoms with Gasteiger partial charge in [-0.3, -0.25) is 4.98 Å². The van der Waals surface area contributed by atoms with E-state index in [0.717, 1.165) is 34.8 Å². The minimum absolute atomic E-state index is 0.475. The monoisotopic (exact) mass is 355 g/mol. The number of nitrogens with one attached hydrogen (secondary N) is 2. The molecule has 0 fully saturated rings. The van der Waals surface area contributed by atoms with Crippen LogP contribution in [0, 0.1) is 6.92 Å². The topological polar surface area (TPSA) is 64.0 Å². The molecule has 0 atom stereocenters. The van der Waals surface area contributed by atoms with Crippen molar-refractivity contribution >= 4 is 39.7 Å². The van der Waals surface area contributed by atoms with E-state index in [4.69, 9.17) is 17.0 Å². The van der Waals surface area contributed by atoms with E-state index in [1.165, 1.54) is 0 Å². The molecule has 130 valence electrons. The van der Waals surface area contributed by atoms with Crippen LogP contribution in [0.3, 0.4) is 0 Å². The van der Waals surface area contributed by atoms with Gasteiger partial charge in [-0.2, -0.15) is 0 Å². The van der Waals surface area contributed by atoms with Crippen molar-refractivity contribution in [2.45, 2.75) is 27.3 Å². The van der Waals surface area contributed by atoms with Gasteiger partial charge in [0.2, 0.25) is 0 Å².